The van der Waals surface area contributed by atoms with Crippen molar-refractivity contribution in [2.24, 2.45) is 0 Å². The van der Waals surface area contributed by atoms with E-state index in [2.05, 4.69) is 15.9 Å². The van der Waals surface area contributed by atoms with Crippen LogP contribution in [0.15, 0.2) is 22.7 Å². The molecule has 1 aromatic rings. The SMILES string of the molecule is O=C1CSC(=S)N1c1ccc(Br)c(Cl)c1. The molecule has 1 aliphatic heterocycles. The van der Waals surface area contributed by atoms with Gasteiger partial charge in [-0.15, -0.1) is 0 Å². The number of benzene rings is 1. The van der Waals surface area contributed by atoms with Crippen molar-refractivity contribution in [2.45, 2.75) is 0 Å². The second kappa shape index (κ2) is 4.41. The van der Waals surface area contributed by atoms with Gasteiger partial charge in [0.2, 0.25) is 5.91 Å². The van der Waals surface area contributed by atoms with Crippen LogP contribution in [-0.2, 0) is 4.79 Å². The number of halogens is 2. The highest BCUT2D eigenvalue weighted by Crippen LogP contribution is 2.31. The van der Waals surface area contributed by atoms with Crippen LogP contribution in [0.5, 0.6) is 0 Å². The van der Waals surface area contributed by atoms with Crippen LogP contribution in [0.4, 0.5) is 5.69 Å². The highest BCUT2D eigenvalue weighted by molar-refractivity contribution is 9.10. The van der Waals surface area contributed by atoms with Gasteiger partial charge in [-0.25, -0.2) is 0 Å². The quantitative estimate of drug-likeness (QED) is 0.739. The van der Waals surface area contributed by atoms with Gasteiger partial charge in [-0.05, 0) is 34.1 Å². The maximum Gasteiger partial charge on any atom is 0.243 e. The fourth-order valence-corrected chi connectivity index (χ4v) is 2.75. The van der Waals surface area contributed by atoms with Crippen LogP contribution in [-0.4, -0.2) is 16.0 Å². The van der Waals surface area contributed by atoms with E-state index in [1.165, 1.54) is 16.7 Å². The molecule has 15 heavy (non-hydrogen) atoms. The van der Waals surface area contributed by atoms with E-state index in [-0.39, 0.29) is 5.91 Å². The van der Waals surface area contributed by atoms with Crippen LogP contribution in [0, 0.1) is 0 Å². The lowest BCUT2D eigenvalue weighted by Gasteiger charge is -2.15. The zero-order valence-corrected chi connectivity index (χ0v) is 11.3. The van der Waals surface area contributed by atoms with Crippen LogP contribution in [0.25, 0.3) is 0 Å². The second-order valence-electron chi connectivity index (χ2n) is 2.88. The molecule has 1 amide bonds. The Kier molecular flexibility index (Phi) is 3.35. The zero-order valence-electron chi connectivity index (χ0n) is 7.37. The van der Waals surface area contributed by atoms with Gasteiger partial charge in [-0.3, -0.25) is 9.69 Å². The smallest absolute Gasteiger partial charge is 0.243 e. The lowest BCUT2D eigenvalue weighted by molar-refractivity contribution is -0.115. The summed E-state index contributed by atoms with van der Waals surface area (Å²) >= 11 is 15.7. The Balaban J connectivity index is 2.41. The Bertz CT molecular complexity index is 436. The van der Waals surface area contributed by atoms with Gasteiger partial charge < -0.3 is 0 Å². The molecule has 2 nitrogen and oxygen atoms in total. The van der Waals surface area contributed by atoms with Crippen molar-refractivity contribution in [1.82, 2.24) is 0 Å². The molecule has 0 saturated carbocycles. The summed E-state index contributed by atoms with van der Waals surface area (Å²) in [5.74, 6) is 0.412. The van der Waals surface area contributed by atoms with Crippen LogP contribution in [0.3, 0.4) is 0 Å². The molecule has 0 aromatic heterocycles. The number of rotatable bonds is 1. The van der Waals surface area contributed by atoms with E-state index in [1.54, 1.807) is 12.1 Å². The predicted molar refractivity (Wildman–Crippen MR) is 71.7 cm³/mol. The summed E-state index contributed by atoms with van der Waals surface area (Å²) in [5.41, 5.74) is 0.725. The van der Waals surface area contributed by atoms with E-state index in [0.717, 1.165) is 10.2 Å². The van der Waals surface area contributed by atoms with Gasteiger partial charge in [0.25, 0.3) is 0 Å². The van der Waals surface area contributed by atoms with Crippen molar-refractivity contribution < 1.29 is 4.79 Å². The molecule has 0 aliphatic carbocycles. The molecule has 1 fully saturated rings. The number of nitrogens with zero attached hydrogens (tertiary/aromatic N) is 1. The highest BCUT2D eigenvalue weighted by Gasteiger charge is 2.28. The molecule has 1 heterocycles. The third-order valence-corrected chi connectivity index (χ3v) is 4.50. The first kappa shape index (κ1) is 11.4. The summed E-state index contributed by atoms with van der Waals surface area (Å²) < 4.78 is 1.39. The minimum absolute atomic E-state index is 0.00314. The van der Waals surface area contributed by atoms with Gasteiger partial charge in [0, 0.05) is 4.47 Å². The normalized spacial score (nSPS) is 16.3. The number of thiocarbonyl (C=S) groups is 1. The fraction of sp³-hybridized carbons (Fsp3) is 0.111. The summed E-state index contributed by atoms with van der Waals surface area (Å²) in [7, 11) is 0. The van der Waals surface area contributed by atoms with Crippen molar-refractivity contribution in [3.05, 3.63) is 27.7 Å². The molecule has 0 radical (unpaired) electrons. The van der Waals surface area contributed by atoms with E-state index >= 15 is 0 Å². The van der Waals surface area contributed by atoms with E-state index in [0.29, 0.717) is 15.1 Å². The van der Waals surface area contributed by atoms with Gasteiger partial charge in [0.15, 0.2) is 0 Å². The molecule has 0 unspecified atom stereocenters. The molecule has 0 atom stereocenters. The molecule has 1 saturated heterocycles. The molecule has 78 valence electrons. The third kappa shape index (κ3) is 2.20. The van der Waals surface area contributed by atoms with Crippen molar-refractivity contribution >= 4 is 67.4 Å². The van der Waals surface area contributed by atoms with Gasteiger partial charge in [0.05, 0.1) is 16.5 Å². The zero-order chi connectivity index (χ0) is 11.0. The van der Waals surface area contributed by atoms with Crippen LogP contribution >= 0.6 is 51.5 Å². The fourth-order valence-electron chi connectivity index (χ4n) is 1.23. The molecule has 0 N–H and O–H groups in total. The Morgan fingerprint density at radius 3 is 2.80 bits per heavy atom. The highest BCUT2D eigenvalue weighted by atomic mass is 79.9. The number of anilines is 1. The first-order valence-corrected chi connectivity index (χ1v) is 6.61. The summed E-state index contributed by atoms with van der Waals surface area (Å²) in [6, 6.07) is 5.34. The number of thioether (sulfide) groups is 1. The number of hydrogen-bond donors (Lipinski definition) is 0. The maximum absolute atomic E-state index is 11.5. The van der Waals surface area contributed by atoms with Crippen LogP contribution in [0.1, 0.15) is 0 Å². The average molecular weight is 323 g/mol. The monoisotopic (exact) mass is 321 g/mol. The first-order chi connectivity index (χ1) is 7.09. The molecule has 0 spiro atoms. The number of carbonyl (C=O) groups is 1. The number of amides is 1. The minimum atomic E-state index is 0.00314. The molecule has 2 rings (SSSR count). The third-order valence-electron chi connectivity index (χ3n) is 1.91. The topological polar surface area (TPSA) is 20.3 Å². The van der Waals surface area contributed by atoms with Gasteiger partial charge >= 0.3 is 0 Å². The van der Waals surface area contributed by atoms with E-state index in [1.807, 2.05) is 6.07 Å². The Morgan fingerprint density at radius 1 is 1.53 bits per heavy atom. The average Bonchev–Trinajstić information content (AvgIpc) is 2.52. The number of hydrogen-bond acceptors (Lipinski definition) is 3. The molecular weight excluding hydrogens is 318 g/mol. The summed E-state index contributed by atoms with van der Waals surface area (Å²) in [4.78, 5) is 13.1. The molecule has 0 bridgehead atoms. The van der Waals surface area contributed by atoms with Gasteiger partial charge in [0.1, 0.15) is 4.32 Å². The van der Waals surface area contributed by atoms with E-state index in [4.69, 9.17) is 23.8 Å². The first-order valence-electron chi connectivity index (χ1n) is 4.04. The Morgan fingerprint density at radius 2 is 2.27 bits per heavy atom. The standard InChI is InChI=1S/C9H5BrClNOS2/c10-6-2-1-5(3-7(6)11)12-8(13)4-15-9(12)14/h1-3H,4H2. The van der Waals surface area contributed by atoms with E-state index < -0.39 is 0 Å². The number of carbonyl (C=O) groups excluding carboxylic acids is 1. The van der Waals surface area contributed by atoms with Crippen molar-refractivity contribution in [1.29, 1.82) is 0 Å². The molecule has 1 aliphatic rings. The molecular formula is C9H5BrClNOS2. The summed E-state index contributed by atoms with van der Waals surface area (Å²) in [5, 5.41) is 0.569. The molecule has 6 heteroatoms. The largest absolute Gasteiger partial charge is 0.273 e. The van der Waals surface area contributed by atoms with Crippen molar-refractivity contribution in [3.8, 4) is 0 Å². The van der Waals surface area contributed by atoms with E-state index in [9.17, 15) is 4.79 Å². The Labute approximate surface area is 110 Å². The van der Waals surface area contributed by atoms with Crippen LogP contribution in [0.2, 0.25) is 5.02 Å². The van der Waals surface area contributed by atoms with Crippen molar-refractivity contribution in [2.75, 3.05) is 10.7 Å². The second-order valence-corrected chi connectivity index (χ2v) is 5.75. The van der Waals surface area contributed by atoms with Crippen LogP contribution < -0.4 is 4.90 Å². The summed E-state index contributed by atoms with van der Waals surface area (Å²) in [6.45, 7) is 0. The van der Waals surface area contributed by atoms with Gasteiger partial charge in [-0.1, -0.05) is 35.6 Å². The molecule has 1 aromatic carbocycles. The lowest BCUT2D eigenvalue weighted by Crippen LogP contribution is -2.27. The lowest BCUT2D eigenvalue weighted by atomic mass is 10.3. The Hall–Kier alpha value is -0.100. The van der Waals surface area contributed by atoms with Gasteiger partial charge in [-0.2, -0.15) is 0 Å². The van der Waals surface area contributed by atoms with Crippen molar-refractivity contribution in [3.63, 3.8) is 0 Å². The summed E-state index contributed by atoms with van der Waals surface area (Å²) in [6.07, 6.45) is 0. The predicted octanol–water partition coefficient (Wildman–Crippen LogP) is 3.47. The minimum Gasteiger partial charge on any atom is -0.273 e. The maximum atomic E-state index is 11.5.